The van der Waals surface area contributed by atoms with Crippen LogP contribution in [0.2, 0.25) is 0 Å². The molecule has 2 aromatic heterocycles. The average molecular weight is 321 g/mol. The summed E-state index contributed by atoms with van der Waals surface area (Å²) >= 11 is 0. The molecule has 0 aliphatic carbocycles. The molecule has 0 N–H and O–H groups in total. The van der Waals surface area contributed by atoms with E-state index >= 15 is 0 Å². The number of rotatable bonds is 3. The molecule has 3 rings (SSSR count). The zero-order chi connectivity index (χ0) is 15.9. The first-order valence-electron chi connectivity index (χ1n) is 7.13. The van der Waals surface area contributed by atoms with Crippen LogP contribution in [0.5, 0.6) is 0 Å². The van der Waals surface area contributed by atoms with Crippen molar-refractivity contribution in [3.63, 3.8) is 0 Å². The molecular weight excluding hydrogens is 302 g/mol. The molecule has 1 aliphatic heterocycles. The van der Waals surface area contributed by atoms with Crippen LogP contribution >= 0.6 is 0 Å². The Hall–Kier alpha value is -1.80. The van der Waals surface area contributed by atoms with Crippen LogP contribution in [0.4, 0.5) is 0 Å². The molecule has 3 heterocycles. The number of aryl methyl sites for hydroxylation is 2. The monoisotopic (exact) mass is 321 g/mol. The van der Waals surface area contributed by atoms with Gasteiger partial charge in [0.15, 0.2) is 0 Å². The summed E-state index contributed by atoms with van der Waals surface area (Å²) in [4.78, 5) is 8.98. The first-order valence-corrected chi connectivity index (χ1v) is 8.98. The third-order valence-corrected chi connectivity index (χ3v) is 5.25. The van der Waals surface area contributed by atoms with Crippen LogP contribution in [-0.4, -0.2) is 51.8 Å². The van der Waals surface area contributed by atoms with Crippen molar-refractivity contribution in [2.75, 3.05) is 19.3 Å². The zero-order valence-corrected chi connectivity index (χ0v) is 13.7. The second kappa shape index (κ2) is 5.44. The maximum absolute atomic E-state index is 11.7. The number of hydrogen-bond donors (Lipinski definition) is 0. The van der Waals surface area contributed by atoms with E-state index in [2.05, 4.69) is 15.1 Å². The molecule has 0 radical (unpaired) electrons. The summed E-state index contributed by atoms with van der Waals surface area (Å²) in [5.41, 5.74) is 2.64. The molecule has 0 amide bonds. The fraction of sp³-hybridized carbons (Fsp3) is 0.500. The molecule has 1 saturated heterocycles. The van der Waals surface area contributed by atoms with Crippen molar-refractivity contribution in [2.24, 2.45) is 7.05 Å². The zero-order valence-electron chi connectivity index (χ0n) is 12.9. The van der Waals surface area contributed by atoms with E-state index in [1.165, 1.54) is 10.6 Å². The molecule has 7 nitrogen and oxygen atoms in total. The lowest BCUT2D eigenvalue weighted by Crippen LogP contribution is -2.27. The molecule has 118 valence electrons. The lowest BCUT2D eigenvalue weighted by atomic mass is 10.0. The van der Waals surface area contributed by atoms with Crippen molar-refractivity contribution in [2.45, 2.75) is 19.3 Å². The van der Waals surface area contributed by atoms with Gasteiger partial charge in [-0.2, -0.15) is 5.10 Å². The van der Waals surface area contributed by atoms with E-state index in [9.17, 15) is 8.42 Å². The first kappa shape index (κ1) is 15.1. The summed E-state index contributed by atoms with van der Waals surface area (Å²) in [7, 11) is -1.27. The summed E-state index contributed by atoms with van der Waals surface area (Å²) in [6.45, 7) is 2.89. The van der Waals surface area contributed by atoms with Crippen LogP contribution in [0.15, 0.2) is 18.3 Å². The minimum atomic E-state index is -3.14. The van der Waals surface area contributed by atoms with Gasteiger partial charge in [-0.15, -0.1) is 0 Å². The van der Waals surface area contributed by atoms with Crippen molar-refractivity contribution in [3.05, 3.63) is 29.8 Å². The van der Waals surface area contributed by atoms with Gasteiger partial charge >= 0.3 is 0 Å². The van der Waals surface area contributed by atoms with Crippen LogP contribution in [0.1, 0.15) is 23.9 Å². The molecular formula is C14H19N5O2S. The normalized spacial score (nSPS) is 19.7. The Kier molecular flexibility index (Phi) is 3.73. The molecule has 0 bridgehead atoms. The van der Waals surface area contributed by atoms with Gasteiger partial charge in [-0.1, -0.05) is 0 Å². The Balaban J connectivity index is 1.93. The molecule has 2 aromatic rings. The highest BCUT2D eigenvalue weighted by atomic mass is 32.2. The standard InChI is InChI=1S/C14H19N5O2S/c1-10-16-12(11-5-7-19(9-11)22(3,20)21)8-13(17-10)14-4-6-15-18(14)2/h4,6,8,11H,5,7,9H2,1-3H3/t11-/m0/s1. The smallest absolute Gasteiger partial charge is 0.211 e. The van der Waals surface area contributed by atoms with Gasteiger partial charge in [-0.05, 0) is 25.5 Å². The highest BCUT2D eigenvalue weighted by Crippen LogP contribution is 2.29. The fourth-order valence-electron chi connectivity index (χ4n) is 2.83. The van der Waals surface area contributed by atoms with Gasteiger partial charge in [0.25, 0.3) is 0 Å². The minimum absolute atomic E-state index is 0.114. The Morgan fingerprint density at radius 2 is 2.09 bits per heavy atom. The van der Waals surface area contributed by atoms with E-state index in [4.69, 9.17) is 0 Å². The van der Waals surface area contributed by atoms with Gasteiger partial charge in [0.05, 0.1) is 17.6 Å². The van der Waals surface area contributed by atoms with Gasteiger partial charge in [0.2, 0.25) is 10.0 Å². The molecule has 1 atom stereocenters. The molecule has 0 unspecified atom stereocenters. The van der Waals surface area contributed by atoms with E-state index in [1.54, 1.807) is 10.9 Å². The predicted molar refractivity (Wildman–Crippen MR) is 82.7 cm³/mol. The second-order valence-corrected chi connectivity index (χ2v) is 7.65. The van der Waals surface area contributed by atoms with Crippen molar-refractivity contribution < 1.29 is 8.42 Å². The van der Waals surface area contributed by atoms with Gasteiger partial charge in [0, 0.05) is 37.9 Å². The summed E-state index contributed by atoms with van der Waals surface area (Å²) < 4.78 is 26.6. The molecule has 0 saturated carbocycles. The molecule has 0 aromatic carbocycles. The van der Waals surface area contributed by atoms with Crippen LogP contribution < -0.4 is 0 Å². The fourth-order valence-corrected chi connectivity index (χ4v) is 3.71. The van der Waals surface area contributed by atoms with Crippen molar-refractivity contribution in [1.29, 1.82) is 0 Å². The highest BCUT2D eigenvalue weighted by molar-refractivity contribution is 7.88. The predicted octanol–water partition coefficient (Wildman–Crippen LogP) is 0.934. The van der Waals surface area contributed by atoms with Crippen LogP contribution in [0.25, 0.3) is 11.4 Å². The third-order valence-electron chi connectivity index (χ3n) is 3.98. The molecule has 1 fully saturated rings. The van der Waals surface area contributed by atoms with Crippen LogP contribution in [-0.2, 0) is 17.1 Å². The number of hydrogen-bond acceptors (Lipinski definition) is 5. The quantitative estimate of drug-likeness (QED) is 0.840. The van der Waals surface area contributed by atoms with Gasteiger partial charge in [-0.3, -0.25) is 4.68 Å². The topological polar surface area (TPSA) is 81.0 Å². The number of aromatic nitrogens is 4. The summed E-state index contributed by atoms with van der Waals surface area (Å²) in [5.74, 6) is 0.801. The largest absolute Gasteiger partial charge is 0.266 e. The Morgan fingerprint density at radius 1 is 1.32 bits per heavy atom. The first-order chi connectivity index (χ1) is 10.3. The summed E-state index contributed by atoms with van der Waals surface area (Å²) in [6, 6.07) is 3.85. The highest BCUT2D eigenvalue weighted by Gasteiger charge is 2.30. The maximum atomic E-state index is 11.7. The molecule has 1 aliphatic rings. The van der Waals surface area contributed by atoms with E-state index in [0.29, 0.717) is 18.9 Å². The van der Waals surface area contributed by atoms with E-state index in [1.807, 2.05) is 26.1 Å². The lowest BCUT2D eigenvalue weighted by molar-refractivity contribution is 0.477. The molecule has 8 heteroatoms. The summed E-state index contributed by atoms with van der Waals surface area (Å²) in [5, 5.41) is 4.16. The van der Waals surface area contributed by atoms with Crippen molar-refractivity contribution in [3.8, 4) is 11.4 Å². The molecule has 22 heavy (non-hydrogen) atoms. The van der Waals surface area contributed by atoms with Gasteiger partial charge in [0.1, 0.15) is 5.82 Å². The van der Waals surface area contributed by atoms with E-state index < -0.39 is 10.0 Å². The van der Waals surface area contributed by atoms with Gasteiger partial charge < -0.3 is 0 Å². The number of sulfonamides is 1. The summed E-state index contributed by atoms with van der Waals surface area (Å²) in [6.07, 6.45) is 3.77. The maximum Gasteiger partial charge on any atom is 0.211 e. The van der Waals surface area contributed by atoms with Crippen molar-refractivity contribution in [1.82, 2.24) is 24.1 Å². The second-order valence-electron chi connectivity index (χ2n) is 5.67. The van der Waals surface area contributed by atoms with Crippen LogP contribution in [0.3, 0.4) is 0 Å². The van der Waals surface area contributed by atoms with Crippen LogP contribution in [0, 0.1) is 6.92 Å². The molecule has 0 spiro atoms. The third kappa shape index (κ3) is 2.89. The minimum Gasteiger partial charge on any atom is -0.266 e. The Labute approximate surface area is 130 Å². The Morgan fingerprint density at radius 3 is 2.68 bits per heavy atom. The lowest BCUT2D eigenvalue weighted by Gasteiger charge is -2.14. The number of nitrogens with zero attached hydrogens (tertiary/aromatic N) is 5. The average Bonchev–Trinajstić information content (AvgIpc) is 3.05. The van der Waals surface area contributed by atoms with Crippen molar-refractivity contribution >= 4 is 10.0 Å². The van der Waals surface area contributed by atoms with Gasteiger partial charge in [-0.25, -0.2) is 22.7 Å². The SMILES string of the molecule is Cc1nc(-c2ccnn2C)cc([C@H]2CCN(S(C)(=O)=O)C2)n1. The Bertz CT molecular complexity index is 799. The van der Waals surface area contributed by atoms with E-state index in [-0.39, 0.29) is 5.92 Å². The van der Waals surface area contributed by atoms with E-state index in [0.717, 1.165) is 23.5 Å².